The van der Waals surface area contributed by atoms with Crippen molar-refractivity contribution >= 4 is 6.03 Å². The van der Waals surface area contributed by atoms with Crippen molar-refractivity contribution in [3.05, 3.63) is 59.7 Å². The Bertz CT molecular complexity index is 687. The van der Waals surface area contributed by atoms with Crippen LogP contribution in [-0.2, 0) is 6.54 Å². The second-order valence-electron chi connectivity index (χ2n) is 5.55. The first kappa shape index (κ1) is 15.2. The molecule has 0 fully saturated rings. The lowest BCUT2D eigenvalue weighted by Gasteiger charge is -2.26. The number of aryl methyl sites for hydroxylation is 1. The molecule has 2 aromatic carbocycles. The van der Waals surface area contributed by atoms with E-state index in [9.17, 15) is 4.79 Å². The first-order valence-electron chi connectivity index (χ1n) is 7.66. The maximum atomic E-state index is 11.9. The van der Waals surface area contributed by atoms with E-state index >= 15 is 0 Å². The predicted octanol–water partition coefficient (Wildman–Crippen LogP) is 2.63. The van der Waals surface area contributed by atoms with Gasteiger partial charge in [0.2, 0.25) is 0 Å². The summed E-state index contributed by atoms with van der Waals surface area (Å²) in [4.78, 5) is 11.9. The van der Waals surface area contributed by atoms with Crippen molar-refractivity contribution in [1.82, 2.24) is 10.6 Å². The van der Waals surface area contributed by atoms with Gasteiger partial charge >= 0.3 is 6.03 Å². The number of carbonyl (C=O) groups is 1. The average Bonchev–Trinajstić information content (AvgIpc) is 2.58. The van der Waals surface area contributed by atoms with Gasteiger partial charge in [0.25, 0.3) is 0 Å². The molecule has 1 aliphatic rings. The molecule has 2 amide bonds. The van der Waals surface area contributed by atoms with Gasteiger partial charge in [0.05, 0.1) is 6.54 Å². The SMILES string of the molecule is Cc1cccc(CNC(=O)NCC2COc3ccccc3O2)c1. The summed E-state index contributed by atoms with van der Waals surface area (Å²) < 4.78 is 11.4. The molecular formula is C18H20N2O3. The van der Waals surface area contributed by atoms with Crippen LogP contribution in [0.25, 0.3) is 0 Å². The standard InChI is InChI=1S/C18H20N2O3/c1-13-5-4-6-14(9-13)10-19-18(21)20-11-15-12-22-16-7-2-3-8-17(16)23-15/h2-9,15H,10-12H2,1H3,(H2,19,20,21). The Morgan fingerprint density at radius 2 is 1.96 bits per heavy atom. The predicted molar refractivity (Wildman–Crippen MR) is 87.8 cm³/mol. The molecule has 1 atom stereocenters. The highest BCUT2D eigenvalue weighted by atomic mass is 16.6. The minimum atomic E-state index is -0.214. The van der Waals surface area contributed by atoms with Crippen molar-refractivity contribution in [2.24, 2.45) is 0 Å². The lowest BCUT2D eigenvalue weighted by Crippen LogP contribution is -2.44. The van der Waals surface area contributed by atoms with Gasteiger partial charge in [-0.3, -0.25) is 0 Å². The van der Waals surface area contributed by atoms with Crippen LogP contribution in [0.5, 0.6) is 11.5 Å². The molecule has 2 aromatic rings. The molecule has 0 saturated carbocycles. The molecule has 0 aliphatic carbocycles. The van der Waals surface area contributed by atoms with E-state index in [1.54, 1.807) is 0 Å². The van der Waals surface area contributed by atoms with E-state index in [4.69, 9.17) is 9.47 Å². The zero-order chi connectivity index (χ0) is 16.1. The Balaban J connectivity index is 1.43. The highest BCUT2D eigenvalue weighted by molar-refractivity contribution is 5.73. The summed E-state index contributed by atoms with van der Waals surface area (Å²) in [6, 6.07) is 15.4. The third-order valence-electron chi connectivity index (χ3n) is 3.59. The van der Waals surface area contributed by atoms with Crippen LogP contribution in [0, 0.1) is 6.92 Å². The number of urea groups is 1. The second-order valence-corrected chi connectivity index (χ2v) is 5.55. The van der Waals surface area contributed by atoms with Crippen molar-refractivity contribution in [3.63, 3.8) is 0 Å². The van der Waals surface area contributed by atoms with Gasteiger partial charge in [-0.2, -0.15) is 0 Å². The zero-order valence-corrected chi connectivity index (χ0v) is 13.0. The monoisotopic (exact) mass is 312 g/mol. The van der Waals surface area contributed by atoms with E-state index in [2.05, 4.69) is 16.7 Å². The minimum Gasteiger partial charge on any atom is -0.486 e. The number of ether oxygens (including phenoxy) is 2. The molecule has 0 spiro atoms. The van der Waals surface area contributed by atoms with Gasteiger partial charge in [0.1, 0.15) is 6.61 Å². The van der Waals surface area contributed by atoms with Crippen LogP contribution in [0.1, 0.15) is 11.1 Å². The molecule has 1 unspecified atom stereocenters. The highest BCUT2D eigenvalue weighted by Gasteiger charge is 2.20. The number of fused-ring (bicyclic) bond motifs is 1. The average molecular weight is 312 g/mol. The van der Waals surface area contributed by atoms with Crippen LogP contribution in [0.4, 0.5) is 4.79 Å². The molecule has 0 aromatic heterocycles. The Morgan fingerprint density at radius 3 is 2.78 bits per heavy atom. The van der Waals surface area contributed by atoms with Gasteiger partial charge in [0, 0.05) is 6.54 Å². The Labute approximate surface area is 135 Å². The van der Waals surface area contributed by atoms with Crippen LogP contribution in [0.15, 0.2) is 48.5 Å². The molecule has 1 heterocycles. The van der Waals surface area contributed by atoms with E-state index in [1.165, 1.54) is 5.56 Å². The Morgan fingerprint density at radius 1 is 1.13 bits per heavy atom. The van der Waals surface area contributed by atoms with Crippen molar-refractivity contribution in [3.8, 4) is 11.5 Å². The molecule has 5 heteroatoms. The maximum absolute atomic E-state index is 11.9. The van der Waals surface area contributed by atoms with Crippen molar-refractivity contribution in [2.45, 2.75) is 19.6 Å². The molecule has 0 radical (unpaired) electrons. The van der Waals surface area contributed by atoms with E-state index in [1.807, 2.05) is 49.4 Å². The fourth-order valence-electron chi connectivity index (χ4n) is 2.44. The van der Waals surface area contributed by atoms with E-state index in [-0.39, 0.29) is 12.1 Å². The van der Waals surface area contributed by atoms with Gasteiger partial charge in [0.15, 0.2) is 17.6 Å². The van der Waals surface area contributed by atoms with Crippen LogP contribution >= 0.6 is 0 Å². The molecule has 2 N–H and O–H groups in total. The van der Waals surface area contributed by atoms with Gasteiger partial charge in [-0.1, -0.05) is 42.0 Å². The smallest absolute Gasteiger partial charge is 0.315 e. The fourth-order valence-corrected chi connectivity index (χ4v) is 2.44. The first-order valence-corrected chi connectivity index (χ1v) is 7.66. The lowest BCUT2D eigenvalue weighted by atomic mass is 10.1. The van der Waals surface area contributed by atoms with Gasteiger partial charge in [-0.15, -0.1) is 0 Å². The quantitative estimate of drug-likeness (QED) is 0.912. The molecule has 5 nitrogen and oxygen atoms in total. The number of hydrogen-bond acceptors (Lipinski definition) is 3. The highest BCUT2D eigenvalue weighted by Crippen LogP contribution is 2.30. The van der Waals surface area contributed by atoms with E-state index in [0.29, 0.717) is 25.4 Å². The number of carbonyl (C=O) groups excluding carboxylic acids is 1. The number of para-hydroxylation sites is 2. The molecule has 120 valence electrons. The van der Waals surface area contributed by atoms with Crippen molar-refractivity contribution in [1.29, 1.82) is 0 Å². The first-order chi connectivity index (χ1) is 11.2. The Kier molecular flexibility index (Phi) is 4.66. The van der Waals surface area contributed by atoms with Crippen molar-refractivity contribution in [2.75, 3.05) is 13.2 Å². The molecule has 0 bridgehead atoms. The topological polar surface area (TPSA) is 59.6 Å². The second kappa shape index (κ2) is 7.05. The number of benzene rings is 2. The molecule has 0 saturated heterocycles. The molecular weight excluding hydrogens is 292 g/mol. The molecule has 23 heavy (non-hydrogen) atoms. The van der Waals surface area contributed by atoms with Gasteiger partial charge in [-0.25, -0.2) is 4.79 Å². The number of rotatable bonds is 4. The summed E-state index contributed by atoms with van der Waals surface area (Å²) in [6.45, 7) is 3.35. The summed E-state index contributed by atoms with van der Waals surface area (Å²) in [5.41, 5.74) is 2.25. The van der Waals surface area contributed by atoms with E-state index in [0.717, 1.165) is 11.3 Å². The zero-order valence-electron chi connectivity index (χ0n) is 13.0. The molecule has 3 rings (SSSR count). The van der Waals surface area contributed by atoms with Crippen molar-refractivity contribution < 1.29 is 14.3 Å². The number of nitrogens with one attached hydrogen (secondary N) is 2. The van der Waals surface area contributed by atoms with Crippen LogP contribution in [0.3, 0.4) is 0 Å². The van der Waals surface area contributed by atoms with Crippen LogP contribution in [0.2, 0.25) is 0 Å². The maximum Gasteiger partial charge on any atom is 0.315 e. The summed E-state index contributed by atoms with van der Waals surface area (Å²) in [5, 5.41) is 5.65. The number of hydrogen-bond donors (Lipinski definition) is 2. The lowest BCUT2D eigenvalue weighted by molar-refractivity contribution is 0.0918. The normalized spacial score (nSPS) is 15.8. The summed E-state index contributed by atoms with van der Waals surface area (Å²) >= 11 is 0. The Hall–Kier alpha value is -2.69. The molecule has 1 aliphatic heterocycles. The van der Waals surface area contributed by atoms with Gasteiger partial charge in [-0.05, 0) is 24.6 Å². The van der Waals surface area contributed by atoms with Crippen LogP contribution in [-0.4, -0.2) is 25.3 Å². The van der Waals surface area contributed by atoms with E-state index < -0.39 is 0 Å². The van der Waals surface area contributed by atoms with Gasteiger partial charge < -0.3 is 20.1 Å². The summed E-state index contributed by atoms with van der Waals surface area (Å²) in [7, 11) is 0. The third kappa shape index (κ3) is 4.16. The third-order valence-corrected chi connectivity index (χ3v) is 3.59. The largest absolute Gasteiger partial charge is 0.486 e. The number of amides is 2. The summed E-state index contributed by atoms with van der Waals surface area (Å²) in [5.74, 6) is 1.46. The minimum absolute atomic E-state index is 0.186. The fraction of sp³-hybridized carbons (Fsp3) is 0.278. The van der Waals surface area contributed by atoms with Crippen LogP contribution < -0.4 is 20.1 Å². The summed E-state index contributed by atoms with van der Waals surface area (Å²) in [6.07, 6.45) is -0.186.